The number of anilines is 1. The minimum absolute atomic E-state index is 0.233. The molecule has 0 unspecified atom stereocenters. The summed E-state index contributed by atoms with van der Waals surface area (Å²) < 4.78 is 44.2. The van der Waals surface area contributed by atoms with E-state index in [1.165, 1.54) is 24.1 Å². The van der Waals surface area contributed by atoms with Crippen LogP contribution in [0.5, 0.6) is 0 Å². The van der Waals surface area contributed by atoms with Crippen LogP contribution < -0.4 is 4.72 Å². The van der Waals surface area contributed by atoms with Crippen molar-refractivity contribution >= 4 is 34.5 Å². The monoisotopic (exact) mass is 504 g/mol. The third-order valence-electron chi connectivity index (χ3n) is 5.77. The smallest absolute Gasteiger partial charge is 0.416 e. The van der Waals surface area contributed by atoms with Gasteiger partial charge in [0.1, 0.15) is 0 Å². The van der Waals surface area contributed by atoms with Crippen molar-refractivity contribution in [2.24, 2.45) is 0 Å². The van der Waals surface area contributed by atoms with E-state index in [0.717, 1.165) is 44.9 Å². The first-order valence-corrected chi connectivity index (χ1v) is 11.8. The van der Waals surface area contributed by atoms with Gasteiger partial charge >= 0.3 is 12.1 Å². The van der Waals surface area contributed by atoms with Crippen LogP contribution in [0.1, 0.15) is 15.9 Å². The molecule has 0 saturated heterocycles. The van der Waals surface area contributed by atoms with E-state index < -0.39 is 17.7 Å². The first kappa shape index (κ1) is 23.6. The summed E-state index contributed by atoms with van der Waals surface area (Å²) in [6.45, 7) is 0. The molecular weight excluding hydrogens is 485 g/mol. The quantitative estimate of drug-likeness (QED) is 0.229. The average molecular weight is 505 g/mol. The topological polar surface area (TPSA) is 54.3 Å². The van der Waals surface area contributed by atoms with Gasteiger partial charge in [0.2, 0.25) is 0 Å². The van der Waals surface area contributed by atoms with Crippen molar-refractivity contribution in [1.29, 1.82) is 0 Å². The van der Waals surface area contributed by atoms with Crippen molar-refractivity contribution in [2.75, 3.05) is 4.72 Å². The Kier molecular flexibility index (Phi) is 6.20. The van der Waals surface area contributed by atoms with Crippen molar-refractivity contribution < 1.29 is 23.1 Å². The lowest BCUT2D eigenvalue weighted by Gasteiger charge is -2.11. The molecule has 0 aliphatic carbocycles. The van der Waals surface area contributed by atoms with Crippen LogP contribution in [0.15, 0.2) is 108 Å². The molecule has 5 rings (SSSR count). The summed E-state index contributed by atoms with van der Waals surface area (Å²) in [7, 11) is 0. The zero-order valence-corrected chi connectivity index (χ0v) is 19.5. The molecule has 5 aromatic rings. The number of carboxylic acids is 1. The first-order chi connectivity index (χ1) is 17.3. The number of benzene rings is 4. The molecule has 0 amide bonds. The minimum Gasteiger partial charge on any atom is -0.478 e. The van der Waals surface area contributed by atoms with Crippen LogP contribution in [0.4, 0.5) is 18.9 Å². The predicted octanol–water partition coefficient (Wildman–Crippen LogP) is 8.13. The Hall–Kier alpha value is -4.17. The molecule has 0 aliphatic heterocycles. The molecule has 0 radical (unpaired) electrons. The third kappa shape index (κ3) is 4.81. The third-order valence-corrected chi connectivity index (χ3v) is 6.61. The summed E-state index contributed by atoms with van der Waals surface area (Å²) in [6.07, 6.45) is -2.43. The minimum atomic E-state index is -4.37. The van der Waals surface area contributed by atoms with Crippen LogP contribution in [0.3, 0.4) is 0 Å². The Balaban J connectivity index is 1.40. The molecule has 36 heavy (non-hydrogen) atoms. The van der Waals surface area contributed by atoms with Crippen LogP contribution in [-0.4, -0.2) is 15.6 Å². The van der Waals surface area contributed by atoms with Gasteiger partial charge in [-0.1, -0.05) is 30.3 Å². The molecule has 4 aromatic carbocycles. The zero-order valence-electron chi connectivity index (χ0n) is 18.7. The highest BCUT2D eigenvalue weighted by atomic mass is 32.2. The van der Waals surface area contributed by atoms with Crippen LogP contribution in [-0.2, 0) is 6.18 Å². The zero-order chi connectivity index (χ0) is 25.3. The standard InChI is InChI=1S/C28H19F3N2O2S/c29-28(30,31)20-11-7-18(8-12-20)24-5-2-6-26-25(24)15-16-33(26)22-4-1-3-21(17-22)32-36-23-13-9-19(10-14-23)27(34)35/h1-17,32H,(H,34,35). The van der Waals surface area contributed by atoms with Gasteiger partial charge < -0.3 is 14.4 Å². The van der Waals surface area contributed by atoms with Gasteiger partial charge in [-0.05, 0) is 89.8 Å². The van der Waals surface area contributed by atoms with Gasteiger partial charge in [0.05, 0.1) is 16.6 Å². The number of hydrogen-bond acceptors (Lipinski definition) is 3. The van der Waals surface area contributed by atoms with Crippen LogP contribution >= 0.6 is 11.9 Å². The molecule has 0 atom stereocenters. The first-order valence-electron chi connectivity index (χ1n) is 10.9. The number of nitrogens with zero attached hydrogens (tertiary/aromatic N) is 1. The molecule has 0 bridgehead atoms. The Labute approximate surface area is 209 Å². The Morgan fingerprint density at radius 3 is 2.28 bits per heavy atom. The van der Waals surface area contributed by atoms with Gasteiger partial charge in [-0.2, -0.15) is 13.2 Å². The maximum atomic E-state index is 13.0. The lowest BCUT2D eigenvalue weighted by atomic mass is 10.0. The van der Waals surface area contributed by atoms with Crippen molar-refractivity contribution in [2.45, 2.75) is 11.1 Å². The summed E-state index contributed by atoms with van der Waals surface area (Å²) in [5, 5.41) is 9.97. The number of nitrogens with one attached hydrogen (secondary N) is 1. The second kappa shape index (κ2) is 9.47. The molecule has 0 aliphatic rings. The summed E-state index contributed by atoms with van der Waals surface area (Å²) in [5.74, 6) is -0.965. The summed E-state index contributed by atoms with van der Waals surface area (Å²) in [4.78, 5) is 11.9. The van der Waals surface area contributed by atoms with Gasteiger partial charge in [0.15, 0.2) is 0 Å². The van der Waals surface area contributed by atoms with E-state index in [1.54, 1.807) is 24.3 Å². The molecule has 0 saturated carbocycles. The number of hydrogen-bond donors (Lipinski definition) is 2. The Morgan fingerprint density at radius 1 is 0.861 bits per heavy atom. The van der Waals surface area contributed by atoms with Gasteiger partial charge in [0.25, 0.3) is 0 Å². The number of aromatic carboxylic acids is 1. The van der Waals surface area contributed by atoms with Crippen molar-refractivity contribution in [3.05, 3.63) is 114 Å². The molecule has 1 aromatic heterocycles. The number of aromatic nitrogens is 1. The SMILES string of the molecule is O=C(O)c1ccc(SNc2cccc(-n3ccc4c(-c5ccc(C(F)(F)F)cc5)cccc43)c2)cc1. The number of carbonyl (C=O) groups is 1. The molecule has 0 fully saturated rings. The second-order valence-corrected chi connectivity index (χ2v) is 8.96. The molecular formula is C28H19F3N2O2S. The Bertz CT molecular complexity index is 1540. The highest BCUT2D eigenvalue weighted by molar-refractivity contribution is 8.00. The second-order valence-electron chi connectivity index (χ2n) is 8.08. The molecule has 4 nitrogen and oxygen atoms in total. The van der Waals surface area contributed by atoms with E-state index >= 15 is 0 Å². The highest BCUT2D eigenvalue weighted by Crippen LogP contribution is 2.34. The molecule has 2 N–H and O–H groups in total. The van der Waals surface area contributed by atoms with E-state index in [-0.39, 0.29) is 5.56 Å². The van der Waals surface area contributed by atoms with Crippen LogP contribution in [0, 0.1) is 0 Å². The number of rotatable bonds is 6. The van der Waals surface area contributed by atoms with E-state index in [9.17, 15) is 18.0 Å². The predicted molar refractivity (Wildman–Crippen MR) is 137 cm³/mol. The maximum absolute atomic E-state index is 13.0. The van der Waals surface area contributed by atoms with E-state index in [0.29, 0.717) is 5.56 Å². The lowest BCUT2D eigenvalue weighted by Crippen LogP contribution is -2.03. The fourth-order valence-electron chi connectivity index (χ4n) is 3.99. The van der Waals surface area contributed by atoms with Crippen molar-refractivity contribution in [1.82, 2.24) is 4.57 Å². The van der Waals surface area contributed by atoms with Gasteiger partial charge in [0, 0.05) is 27.9 Å². The average Bonchev–Trinajstić information content (AvgIpc) is 3.32. The Morgan fingerprint density at radius 2 is 1.58 bits per heavy atom. The summed E-state index contributed by atoms with van der Waals surface area (Å²) >= 11 is 1.37. The van der Waals surface area contributed by atoms with Gasteiger partial charge in [-0.25, -0.2) is 4.79 Å². The van der Waals surface area contributed by atoms with Crippen LogP contribution in [0.25, 0.3) is 27.7 Å². The number of fused-ring (bicyclic) bond motifs is 1. The molecule has 180 valence electrons. The fourth-order valence-corrected chi connectivity index (χ4v) is 4.62. The fraction of sp³-hybridized carbons (Fsp3) is 0.0357. The maximum Gasteiger partial charge on any atom is 0.416 e. The largest absolute Gasteiger partial charge is 0.478 e. The van der Waals surface area contributed by atoms with Crippen LogP contribution in [0.2, 0.25) is 0 Å². The van der Waals surface area contributed by atoms with Gasteiger partial charge in [-0.15, -0.1) is 0 Å². The number of carboxylic acid groups (broad SMARTS) is 1. The van der Waals surface area contributed by atoms with Crippen molar-refractivity contribution in [3.8, 4) is 16.8 Å². The summed E-state index contributed by atoms with van der Waals surface area (Å²) in [5.41, 5.74) is 3.85. The highest BCUT2D eigenvalue weighted by Gasteiger charge is 2.30. The molecule has 0 spiro atoms. The normalized spacial score (nSPS) is 11.5. The lowest BCUT2D eigenvalue weighted by molar-refractivity contribution is -0.137. The molecule has 1 heterocycles. The van der Waals surface area contributed by atoms with Gasteiger partial charge in [-0.3, -0.25) is 0 Å². The summed E-state index contributed by atoms with van der Waals surface area (Å²) in [6, 6.07) is 27.4. The van der Waals surface area contributed by atoms with E-state index in [4.69, 9.17) is 5.11 Å². The van der Waals surface area contributed by atoms with E-state index in [2.05, 4.69) is 4.72 Å². The number of alkyl halides is 3. The molecule has 8 heteroatoms. The number of halogens is 3. The van der Waals surface area contributed by atoms with Crippen molar-refractivity contribution in [3.63, 3.8) is 0 Å². The van der Waals surface area contributed by atoms with E-state index in [1.807, 2.05) is 59.3 Å².